The molecule has 5 rings (SSSR count). The van der Waals surface area contributed by atoms with E-state index in [2.05, 4.69) is 57.2 Å². The smallest absolute Gasteiger partial charge is 0.303 e. The van der Waals surface area contributed by atoms with E-state index in [1.165, 1.54) is 22.4 Å². The number of anilines is 1. The molecule has 0 aliphatic carbocycles. The second-order valence-electron chi connectivity index (χ2n) is 9.94. The lowest BCUT2D eigenvalue weighted by atomic mass is 9.86. The Morgan fingerprint density at radius 3 is 2.43 bits per heavy atom. The third-order valence-electron chi connectivity index (χ3n) is 7.70. The van der Waals surface area contributed by atoms with E-state index in [0.717, 1.165) is 52.2 Å². The number of fused-ring (bicyclic) bond motifs is 1. The molecule has 2 saturated heterocycles. The van der Waals surface area contributed by atoms with Gasteiger partial charge < -0.3 is 10.0 Å². The van der Waals surface area contributed by atoms with Gasteiger partial charge in [0.2, 0.25) is 0 Å². The minimum absolute atomic E-state index is 0.165. The number of piperazine rings is 1. The number of carbonyl (C=O) groups is 1. The molecule has 0 saturated carbocycles. The SMILES string of the molecule is O=C(O)CC[C@@H]1CN(Cc2ccc3ccccc3c2)CC[C@@H]1N1CCN(c2ccccc2F)CC1. The van der Waals surface area contributed by atoms with Crippen LogP contribution in [0.3, 0.4) is 0 Å². The van der Waals surface area contributed by atoms with Gasteiger partial charge in [0.25, 0.3) is 0 Å². The molecule has 184 valence electrons. The van der Waals surface area contributed by atoms with Crippen LogP contribution in [0.15, 0.2) is 66.7 Å². The number of piperidine rings is 1. The van der Waals surface area contributed by atoms with Gasteiger partial charge in [0.15, 0.2) is 0 Å². The molecule has 0 spiro atoms. The minimum Gasteiger partial charge on any atom is -0.481 e. The molecule has 0 unspecified atom stereocenters. The summed E-state index contributed by atoms with van der Waals surface area (Å²) in [6, 6.07) is 22.5. The van der Waals surface area contributed by atoms with Crippen LogP contribution in [0.25, 0.3) is 10.8 Å². The monoisotopic (exact) mass is 475 g/mol. The van der Waals surface area contributed by atoms with Gasteiger partial charge in [-0.05, 0) is 59.8 Å². The highest BCUT2D eigenvalue weighted by Gasteiger charge is 2.35. The average molecular weight is 476 g/mol. The first kappa shape index (κ1) is 23.8. The number of aliphatic carboxylic acids is 1. The highest BCUT2D eigenvalue weighted by molar-refractivity contribution is 5.82. The fourth-order valence-corrected chi connectivity index (χ4v) is 5.91. The molecule has 1 N–H and O–H groups in total. The Hall–Kier alpha value is -2.96. The predicted octanol–water partition coefficient (Wildman–Crippen LogP) is 4.86. The average Bonchev–Trinajstić information content (AvgIpc) is 2.88. The zero-order valence-corrected chi connectivity index (χ0v) is 20.2. The molecular formula is C29H34FN3O2. The summed E-state index contributed by atoms with van der Waals surface area (Å²) in [6.45, 7) is 6.17. The van der Waals surface area contributed by atoms with Crippen molar-refractivity contribution in [3.8, 4) is 0 Å². The topological polar surface area (TPSA) is 47.0 Å². The molecule has 0 bridgehead atoms. The predicted molar refractivity (Wildman–Crippen MR) is 138 cm³/mol. The van der Waals surface area contributed by atoms with Gasteiger partial charge in [-0.2, -0.15) is 0 Å². The van der Waals surface area contributed by atoms with Crippen LogP contribution in [0.4, 0.5) is 10.1 Å². The molecule has 2 atom stereocenters. The molecule has 2 heterocycles. The Bertz CT molecular complexity index is 1160. The summed E-state index contributed by atoms with van der Waals surface area (Å²) in [5.74, 6) is -0.567. The van der Waals surface area contributed by atoms with E-state index in [1.54, 1.807) is 6.07 Å². The molecule has 3 aromatic carbocycles. The largest absolute Gasteiger partial charge is 0.481 e. The summed E-state index contributed by atoms with van der Waals surface area (Å²) in [5.41, 5.74) is 1.98. The molecule has 0 aromatic heterocycles. The molecule has 3 aromatic rings. The molecule has 35 heavy (non-hydrogen) atoms. The van der Waals surface area contributed by atoms with E-state index in [9.17, 15) is 14.3 Å². The molecule has 6 heteroatoms. The van der Waals surface area contributed by atoms with Crippen molar-refractivity contribution in [3.05, 3.63) is 78.1 Å². The zero-order chi connectivity index (χ0) is 24.2. The fraction of sp³-hybridized carbons (Fsp3) is 0.414. The Kier molecular flexibility index (Phi) is 7.30. The van der Waals surface area contributed by atoms with Crippen LogP contribution < -0.4 is 4.90 Å². The minimum atomic E-state index is -0.722. The molecule has 5 nitrogen and oxygen atoms in total. The summed E-state index contributed by atoms with van der Waals surface area (Å²) in [7, 11) is 0. The fourth-order valence-electron chi connectivity index (χ4n) is 5.91. The number of benzene rings is 3. The third kappa shape index (κ3) is 5.65. The van der Waals surface area contributed by atoms with Crippen LogP contribution in [0.1, 0.15) is 24.8 Å². The van der Waals surface area contributed by atoms with Crippen molar-refractivity contribution in [2.75, 3.05) is 44.2 Å². The van der Waals surface area contributed by atoms with Gasteiger partial charge in [0.05, 0.1) is 5.69 Å². The van der Waals surface area contributed by atoms with Crippen molar-refractivity contribution in [2.24, 2.45) is 5.92 Å². The molecular weight excluding hydrogens is 441 g/mol. The second-order valence-corrected chi connectivity index (χ2v) is 9.94. The first-order valence-electron chi connectivity index (χ1n) is 12.7. The van der Waals surface area contributed by atoms with Gasteiger partial charge in [-0.15, -0.1) is 0 Å². The van der Waals surface area contributed by atoms with E-state index < -0.39 is 5.97 Å². The lowest BCUT2D eigenvalue weighted by Crippen LogP contribution is -2.56. The number of hydrogen-bond acceptors (Lipinski definition) is 4. The van der Waals surface area contributed by atoms with Crippen molar-refractivity contribution in [3.63, 3.8) is 0 Å². The lowest BCUT2D eigenvalue weighted by Gasteiger charge is -2.47. The zero-order valence-electron chi connectivity index (χ0n) is 20.2. The number of likely N-dealkylation sites (tertiary alicyclic amines) is 1. The number of rotatable bonds is 7. The Morgan fingerprint density at radius 1 is 0.914 bits per heavy atom. The molecule has 0 amide bonds. The maximum atomic E-state index is 14.3. The summed E-state index contributed by atoms with van der Waals surface area (Å²) >= 11 is 0. The van der Waals surface area contributed by atoms with E-state index in [1.807, 2.05) is 12.1 Å². The van der Waals surface area contributed by atoms with Crippen molar-refractivity contribution < 1.29 is 14.3 Å². The van der Waals surface area contributed by atoms with Gasteiger partial charge in [-0.3, -0.25) is 14.6 Å². The number of halogens is 1. The van der Waals surface area contributed by atoms with Gasteiger partial charge in [-0.25, -0.2) is 4.39 Å². The Labute approximate surface area is 206 Å². The quantitative estimate of drug-likeness (QED) is 0.529. The van der Waals surface area contributed by atoms with Crippen LogP contribution in [0, 0.1) is 11.7 Å². The van der Waals surface area contributed by atoms with Gasteiger partial charge in [-0.1, -0.05) is 48.5 Å². The number of carboxylic acids is 1. The van der Waals surface area contributed by atoms with Gasteiger partial charge in [0.1, 0.15) is 5.82 Å². The molecule has 2 aliphatic rings. The Balaban J connectivity index is 1.23. The molecule has 2 aliphatic heterocycles. The third-order valence-corrected chi connectivity index (χ3v) is 7.70. The number of para-hydroxylation sites is 1. The maximum absolute atomic E-state index is 14.3. The van der Waals surface area contributed by atoms with Crippen LogP contribution in [0.5, 0.6) is 0 Å². The standard InChI is InChI=1S/C29H34FN3O2/c30-26-7-3-4-8-28(26)33-17-15-32(16-18-33)27-13-14-31(21-25(27)11-12-29(34)35)20-22-9-10-23-5-1-2-6-24(23)19-22/h1-10,19,25,27H,11-18,20-21H2,(H,34,35)/t25-,27+/m1/s1. The van der Waals surface area contributed by atoms with E-state index in [4.69, 9.17) is 0 Å². The lowest BCUT2D eigenvalue weighted by molar-refractivity contribution is -0.137. The van der Waals surface area contributed by atoms with Crippen LogP contribution >= 0.6 is 0 Å². The first-order chi connectivity index (χ1) is 17.1. The highest BCUT2D eigenvalue weighted by Crippen LogP contribution is 2.30. The summed E-state index contributed by atoms with van der Waals surface area (Å²) in [6.07, 6.45) is 1.94. The van der Waals surface area contributed by atoms with Crippen LogP contribution in [-0.2, 0) is 11.3 Å². The highest BCUT2D eigenvalue weighted by atomic mass is 19.1. The van der Waals surface area contributed by atoms with Crippen molar-refractivity contribution in [1.82, 2.24) is 9.80 Å². The first-order valence-corrected chi connectivity index (χ1v) is 12.7. The molecule has 0 radical (unpaired) electrons. The Morgan fingerprint density at radius 2 is 1.66 bits per heavy atom. The maximum Gasteiger partial charge on any atom is 0.303 e. The number of nitrogens with zero attached hydrogens (tertiary/aromatic N) is 3. The van der Waals surface area contributed by atoms with Crippen molar-refractivity contribution in [2.45, 2.75) is 31.8 Å². The second kappa shape index (κ2) is 10.8. The van der Waals surface area contributed by atoms with Crippen LogP contribution in [0.2, 0.25) is 0 Å². The number of hydrogen-bond donors (Lipinski definition) is 1. The van der Waals surface area contributed by atoms with Crippen LogP contribution in [-0.4, -0.2) is 66.2 Å². The number of carboxylic acid groups (broad SMARTS) is 1. The van der Waals surface area contributed by atoms with Crippen molar-refractivity contribution in [1.29, 1.82) is 0 Å². The van der Waals surface area contributed by atoms with Gasteiger partial charge in [0, 0.05) is 51.7 Å². The van der Waals surface area contributed by atoms with E-state index in [0.29, 0.717) is 24.1 Å². The van der Waals surface area contributed by atoms with Gasteiger partial charge >= 0.3 is 5.97 Å². The summed E-state index contributed by atoms with van der Waals surface area (Å²) in [5, 5.41) is 11.9. The summed E-state index contributed by atoms with van der Waals surface area (Å²) < 4.78 is 14.3. The van der Waals surface area contributed by atoms with E-state index in [-0.39, 0.29) is 12.2 Å². The molecule has 2 fully saturated rings. The normalized spacial score (nSPS) is 21.9. The van der Waals surface area contributed by atoms with Crippen molar-refractivity contribution >= 4 is 22.4 Å². The van der Waals surface area contributed by atoms with E-state index >= 15 is 0 Å². The summed E-state index contributed by atoms with van der Waals surface area (Å²) in [4.78, 5) is 18.5.